The van der Waals surface area contributed by atoms with Gasteiger partial charge in [0.25, 0.3) is 0 Å². The molecular formula is C24H31N3O4. The maximum atomic E-state index is 12.8. The number of piperidine rings is 1. The lowest BCUT2D eigenvalue weighted by molar-refractivity contribution is -0.133. The molecule has 0 unspecified atom stereocenters. The largest absolute Gasteiger partial charge is 0.497 e. The zero-order valence-corrected chi connectivity index (χ0v) is 18.1. The first-order chi connectivity index (χ1) is 15.0. The van der Waals surface area contributed by atoms with Gasteiger partial charge < -0.3 is 14.7 Å². The SMILES string of the molecule is COc1ccc(CCCN(CC(=O)N2CCCCC2)Cc2cc(C(=O)O)ccn2)cc1. The van der Waals surface area contributed by atoms with Crippen molar-refractivity contribution >= 4 is 11.9 Å². The monoisotopic (exact) mass is 425 g/mol. The number of carboxylic acids is 1. The molecule has 1 saturated heterocycles. The summed E-state index contributed by atoms with van der Waals surface area (Å²) in [6.07, 6.45) is 6.60. The average Bonchev–Trinajstić information content (AvgIpc) is 2.80. The van der Waals surface area contributed by atoms with Gasteiger partial charge in [-0.1, -0.05) is 12.1 Å². The molecule has 3 rings (SSSR count). The number of likely N-dealkylation sites (tertiary alicyclic amines) is 1. The predicted octanol–water partition coefficient (Wildman–Crippen LogP) is 3.24. The quantitative estimate of drug-likeness (QED) is 0.629. The van der Waals surface area contributed by atoms with Gasteiger partial charge in [0.1, 0.15) is 5.75 Å². The molecule has 1 aliphatic rings. The molecule has 2 aromatic rings. The lowest BCUT2D eigenvalue weighted by Crippen LogP contribution is -2.43. The van der Waals surface area contributed by atoms with Gasteiger partial charge >= 0.3 is 5.97 Å². The number of carbonyl (C=O) groups excluding carboxylic acids is 1. The van der Waals surface area contributed by atoms with E-state index >= 15 is 0 Å². The smallest absolute Gasteiger partial charge is 0.335 e. The first-order valence-electron chi connectivity index (χ1n) is 10.9. The Balaban J connectivity index is 1.63. The van der Waals surface area contributed by atoms with Crippen molar-refractivity contribution in [3.63, 3.8) is 0 Å². The summed E-state index contributed by atoms with van der Waals surface area (Å²) in [6.45, 7) is 3.14. The normalized spacial score (nSPS) is 13.9. The molecule has 1 fully saturated rings. The van der Waals surface area contributed by atoms with E-state index in [1.165, 1.54) is 24.2 Å². The van der Waals surface area contributed by atoms with Crippen LogP contribution in [0.5, 0.6) is 5.75 Å². The van der Waals surface area contributed by atoms with E-state index in [4.69, 9.17) is 4.74 Å². The molecule has 0 aliphatic carbocycles. The van der Waals surface area contributed by atoms with Gasteiger partial charge in [0, 0.05) is 25.8 Å². The van der Waals surface area contributed by atoms with E-state index in [0.29, 0.717) is 18.8 Å². The van der Waals surface area contributed by atoms with Crippen LogP contribution in [0.2, 0.25) is 0 Å². The van der Waals surface area contributed by atoms with Crippen LogP contribution in [-0.4, -0.2) is 65.1 Å². The summed E-state index contributed by atoms with van der Waals surface area (Å²) in [5.74, 6) is -0.000438. The van der Waals surface area contributed by atoms with E-state index in [2.05, 4.69) is 22.0 Å². The highest BCUT2D eigenvalue weighted by Crippen LogP contribution is 2.14. The Kier molecular flexibility index (Phi) is 8.41. The third-order valence-electron chi connectivity index (χ3n) is 5.62. The van der Waals surface area contributed by atoms with E-state index in [-0.39, 0.29) is 11.5 Å². The highest BCUT2D eigenvalue weighted by atomic mass is 16.5. The van der Waals surface area contributed by atoms with Gasteiger partial charge in [0.05, 0.1) is 24.9 Å². The molecule has 1 aromatic carbocycles. The van der Waals surface area contributed by atoms with Crippen LogP contribution in [0.4, 0.5) is 0 Å². The van der Waals surface area contributed by atoms with Crippen molar-refractivity contribution < 1.29 is 19.4 Å². The number of pyridine rings is 1. The second-order valence-electron chi connectivity index (χ2n) is 7.94. The van der Waals surface area contributed by atoms with Gasteiger partial charge in [-0.15, -0.1) is 0 Å². The predicted molar refractivity (Wildman–Crippen MR) is 118 cm³/mol. The number of hydrogen-bond acceptors (Lipinski definition) is 5. The van der Waals surface area contributed by atoms with Crippen molar-refractivity contribution in [2.75, 3.05) is 33.3 Å². The van der Waals surface area contributed by atoms with Crippen LogP contribution in [0.25, 0.3) is 0 Å². The summed E-state index contributed by atoms with van der Waals surface area (Å²) < 4.78 is 5.21. The summed E-state index contributed by atoms with van der Waals surface area (Å²) in [5.41, 5.74) is 2.09. The molecule has 0 saturated carbocycles. The molecule has 7 nitrogen and oxygen atoms in total. The highest BCUT2D eigenvalue weighted by molar-refractivity contribution is 5.87. The third kappa shape index (κ3) is 7.07. The Morgan fingerprint density at radius 3 is 2.55 bits per heavy atom. The number of aryl methyl sites for hydroxylation is 1. The molecule has 1 N–H and O–H groups in total. The molecule has 166 valence electrons. The zero-order chi connectivity index (χ0) is 22.1. The van der Waals surface area contributed by atoms with Crippen LogP contribution in [-0.2, 0) is 17.8 Å². The number of carboxylic acid groups (broad SMARTS) is 1. The molecule has 1 aliphatic heterocycles. The minimum atomic E-state index is -0.973. The average molecular weight is 426 g/mol. The number of methoxy groups -OCH3 is 1. The summed E-state index contributed by atoms with van der Waals surface area (Å²) in [5, 5.41) is 9.25. The van der Waals surface area contributed by atoms with Gasteiger partial charge in [-0.3, -0.25) is 14.7 Å². The number of carbonyl (C=O) groups is 2. The van der Waals surface area contributed by atoms with Crippen molar-refractivity contribution in [1.82, 2.24) is 14.8 Å². The van der Waals surface area contributed by atoms with Gasteiger partial charge in [-0.25, -0.2) is 4.79 Å². The Morgan fingerprint density at radius 2 is 1.87 bits per heavy atom. The number of hydrogen-bond donors (Lipinski definition) is 1. The third-order valence-corrected chi connectivity index (χ3v) is 5.62. The molecule has 7 heteroatoms. The number of rotatable bonds is 10. The lowest BCUT2D eigenvalue weighted by Gasteiger charge is -2.30. The summed E-state index contributed by atoms with van der Waals surface area (Å²) in [6, 6.07) is 11.1. The van der Waals surface area contributed by atoms with Crippen LogP contribution in [0.15, 0.2) is 42.6 Å². The maximum absolute atomic E-state index is 12.8. The van der Waals surface area contributed by atoms with Crippen molar-refractivity contribution in [2.24, 2.45) is 0 Å². The molecule has 31 heavy (non-hydrogen) atoms. The van der Waals surface area contributed by atoms with Crippen LogP contribution < -0.4 is 4.74 Å². The minimum Gasteiger partial charge on any atom is -0.497 e. The van der Waals surface area contributed by atoms with Crippen LogP contribution in [0, 0.1) is 0 Å². The molecule has 0 bridgehead atoms. The van der Waals surface area contributed by atoms with E-state index in [1.807, 2.05) is 17.0 Å². The van der Waals surface area contributed by atoms with Gasteiger partial charge in [-0.2, -0.15) is 0 Å². The topological polar surface area (TPSA) is 83.0 Å². The van der Waals surface area contributed by atoms with Gasteiger partial charge in [0.15, 0.2) is 0 Å². The van der Waals surface area contributed by atoms with E-state index in [9.17, 15) is 14.7 Å². The molecule has 2 heterocycles. The molecule has 1 aromatic heterocycles. The van der Waals surface area contributed by atoms with Crippen molar-refractivity contribution in [3.05, 3.63) is 59.4 Å². The Morgan fingerprint density at radius 1 is 1.13 bits per heavy atom. The number of ether oxygens (including phenoxy) is 1. The van der Waals surface area contributed by atoms with E-state index in [0.717, 1.165) is 51.1 Å². The van der Waals surface area contributed by atoms with Crippen molar-refractivity contribution in [3.8, 4) is 5.75 Å². The molecule has 0 atom stereocenters. The Labute approximate surface area is 183 Å². The Hall–Kier alpha value is -2.93. The van der Waals surface area contributed by atoms with Crippen molar-refractivity contribution in [2.45, 2.75) is 38.6 Å². The fourth-order valence-corrected chi connectivity index (χ4v) is 3.87. The number of benzene rings is 1. The fraction of sp³-hybridized carbons (Fsp3) is 0.458. The highest BCUT2D eigenvalue weighted by Gasteiger charge is 2.20. The van der Waals surface area contributed by atoms with Crippen LogP contribution in [0.1, 0.15) is 47.3 Å². The fourth-order valence-electron chi connectivity index (χ4n) is 3.87. The maximum Gasteiger partial charge on any atom is 0.335 e. The summed E-state index contributed by atoms with van der Waals surface area (Å²) in [4.78, 5) is 32.5. The van der Waals surface area contributed by atoms with Crippen LogP contribution >= 0.6 is 0 Å². The van der Waals surface area contributed by atoms with Crippen LogP contribution in [0.3, 0.4) is 0 Å². The van der Waals surface area contributed by atoms with Crippen molar-refractivity contribution in [1.29, 1.82) is 0 Å². The first kappa shape index (κ1) is 22.7. The summed E-state index contributed by atoms with van der Waals surface area (Å²) in [7, 11) is 1.65. The first-order valence-corrected chi connectivity index (χ1v) is 10.9. The lowest BCUT2D eigenvalue weighted by atomic mass is 10.1. The number of nitrogens with zero attached hydrogens (tertiary/aromatic N) is 3. The minimum absolute atomic E-state index is 0.138. The van der Waals surface area contributed by atoms with Gasteiger partial charge in [0.2, 0.25) is 5.91 Å². The van der Waals surface area contributed by atoms with Gasteiger partial charge in [-0.05, 0) is 68.5 Å². The Bertz CT molecular complexity index is 863. The number of aromatic carboxylic acids is 1. The molecule has 0 radical (unpaired) electrons. The zero-order valence-electron chi connectivity index (χ0n) is 18.1. The molecular weight excluding hydrogens is 394 g/mol. The standard InChI is InChI=1S/C24H31N3O4/c1-31-22-9-7-19(8-10-22)6-5-13-26(18-23(28)27-14-3-2-4-15-27)17-21-16-20(24(29)30)11-12-25-21/h7-12,16H,2-6,13-15,17-18H2,1H3,(H,29,30). The van der Waals surface area contributed by atoms with E-state index < -0.39 is 5.97 Å². The van der Waals surface area contributed by atoms with E-state index in [1.54, 1.807) is 13.2 Å². The second-order valence-corrected chi connectivity index (χ2v) is 7.94. The molecule has 1 amide bonds. The number of amides is 1. The number of aromatic nitrogens is 1. The molecule has 0 spiro atoms. The summed E-state index contributed by atoms with van der Waals surface area (Å²) >= 11 is 0. The second kappa shape index (κ2) is 11.5.